The van der Waals surface area contributed by atoms with Gasteiger partial charge in [-0.1, -0.05) is 22.9 Å². The van der Waals surface area contributed by atoms with Gasteiger partial charge in [-0.2, -0.15) is 0 Å². The molecule has 0 atom stereocenters. The summed E-state index contributed by atoms with van der Waals surface area (Å²) in [6.07, 6.45) is 0. The van der Waals surface area contributed by atoms with Crippen molar-refractivity contribution in [2.75, 3.05) is 0 Å². The van der Waals surface area contributed by atoms with E-state index in [2.05, 4.69) is 15.3 Å². The van der Waals surface area contributed by atoms with Gasteiger partial charge >= 0.3 is 4.87 Å². The van der Waals surface area contributed by atoms with Gasteiger partial charge in [0.1, 0.15) is 5.15 Å². The van der Waals surface area contributed by atoms with Gasteiger partial charge in [0.25, 0.3) is 5.91 Å². The average molecular weight is 284 g/mol. The van der Waals surface area contributed by atoms with E-state index in [-0.39, 0.29) is 22.5 Å². The van der Waals surface area contributed by atoms with Crippen LogP contribution in [-0.2, 0) is 6.54 Å². The van der Waals surface area contributed by atoms with Crippen LogP contribution >= 0.6 is 22.9 Å². The molecular weight excluding hydrogens is 274 g/mol. The molecule has 5 nitrogen and oxygen atoms in total. The number of nitrogens with zero attached hydrogens (tertiary/aromatic N) is 1. The molecule has 7 heteroatoms. The van der Waals surface area contributed by atoms with Crippen LogP contribution < -0.4 is 10.2 Å². The Labute approximate surface area is 112 Å². The first-order chi connectivity index (χ1) is 8.54. The van der Waals surface area contributed by atoms with E-state index in [1.807, 2.05) is 0 Å². The highest BCUT2D eigenvalue weighted by Crippen LogP contribution is 2.10. The number of aryl methyl sites for hydroxylation is 1. The molecule has 0 aliphatic rings. The summed E-state index contributed by atoms with van der Waals surface area (Å²) in [5.74, 6) is -0.255. The zero-order valence-electron chi connectivity index (χ0n) is 9.49. The predicted octanol–water partition coefficient (Wildman–Crippen LogP) is 1.72. The zero-order chi connectivity index (χ0) is 13.1. The summed E-state index contributed by atoms with van der Waals surface area (Å²) in [6.45, 7) is 2.04. The van der Waals surface area contributed by atoms with Crippen LogP contribution in [0, 0.1) is 6.92 Å². The first kappa shape index (κ1) is 12.8. The Hall–Kier alpha value is -1.66. The Morgan fingerprint density at radius 2 is 2.33 bits per heavy atom. The van der Waals surface area contributed by atoms with Crippen molar-refractivity contribution in [2.24, 2.45) is 0 Å². The third kappa shape index (κ3) is 3.18. The lowest BCUT2D eigenvalue weighted by Crippen LogP contribution is -2.23. The molecule has 0 radical (unpaired) electrons. The highest BCUT2D eigenvalue weighted by atomic mass is 35.5. The van der Waals surface area contributed by atoms with Gasteiger partial charge in [-0.15, -0.1) is 0 Å². The maximum absolute atomic E-state index is 11.8. The molecule has 2 rings (SSSR count). The van der Waals surface area contributed by atoms with Crippen LogP contribution in [0.5, 0.6) is 0 Å². The van der Waals surface area contributed by atoms with E-state index in [1.165, 1.54) is 6.07 Å². The van der Waals surface area contributed by atoms with E-state index in [0.717, 1.165) is 11.3 Å². The molecule has 0 aromatic carbocycles. The number of rotatable bonds is 3. The average Bonchev–Trinajstić information content (AvgIpc) is 2.70. The molecule has 0 aliphatic carbocycles. The zero-order valence-corrected chi connectivity index (χ0v) is 11.1. The quantitative estimate of drug-likeness (QED) is 0.842. The molecule has 1 amide bonds. The fraction of sp³-hybridized carbons (Fsp3) is 0.182. The van der Waals surface area contributed by atoms with Crippen LogP contribution in [-0.4, -0.2) is 15.9 Å². The molecule has 0 spiro atoms. The highest BCUT2D eigenvalue weighted by molar-refractivity contribution is 7.07. The fourth-order valence-electron chi connectivity index (χ4n) is 1.44. The normalized spacial score (nSPS) is 10.3. The van der Waals surface area contributed by atoms with Gasteiger partial charge in [-0.05, 0) is 19.1 Å². The van der Waals surface area contributed by atoms with Crippen molar-refractivity contribution < 1.29 is 4.79 Å². The molecule has 2 N–H and O–H groups in total. The van der Waals surface area contributed by atoms with Crippen LogP contribution in [0.2, 0.25) is 5.15 Å². The number of carbonyl (C=O) groups is 1. The number of pyridine rings is 1. The molecule has 0 saturated heterocycles. The minimum absolute atomic E-state index is 0.137. The Morgan fingerprint density at radius 3 is 2.94 bits per heavy atom. The number of aromatic amines is 1. The number of H-pyrrole nitrogens is 1. The molecule has 94 valence electrons. The summed E-state index contributed by atoms with van der Waals surface area (Å²) in [5, 5.41) is 4.65. The highest BCUT2D eigenvalue weighted by Gasteiger charge is 2.08. The number of amides is 1. The Bertz CT molecular complexity index is 615. The van der Waals surface area contributed by atoms with Gasteiger partial charge in [-0.3, -0.25) is 9.59 Å². The maximum Gasteiger partial charge on any atom is 0.304 e. The lowest BCUT2D eigenvalue weighted by atomic mass is 10.2. The van der Waals surface area contributed by atoms with E-state index >= 15 is 0 Å². The van der Waals surface area contributed by atoms with Crippen LogP contribution in [0.3, 0.4) is 0 Å². The number of thiazole rings is 1. The van der Waals surface area contributed by atoms with E-state index in [9.17, 15) is 9.59 Å². The molecule has 0 unspecified atom stereocenters. The Kier molecular flexibility index (Phi) is 3.78. The summed E-state index contributed by atoms with van der Waals surface area (Å²) >= 11 is 6.84. The van der Waals surface area contributed by atoms with E-state index in [4.69, 9.17) is 11.6 Å². The first-order valence-electron chi connectivity index (χ1n) is 5.13. The SMILES string of the molecule is Cc1cc(C(=O)NCc2csc(=O)[nH]2)cc(Cl)n1. The summed E-state index contributed by atoms with van der Waals surface area (Å²) in [7, 11) is 0. The summed E-state index contributed by atoms with van der Waals surface area (Å²) in [6, 6.07) is 3.15. The largest absolute Gasteiger partial charge is 0.346 e. The lowest BCUT2D eigenvalue weighted by molar-refractivity contribution is 0.0950. The summed E-state index contributed by atoms with van der Waals surface area (Å²) in [5.41, 5.74) is 1.80. The molecule has 18 heavy (non-hydrogen) atoms. The first-order valence-corrected chi connectivity index (χ1v) is 6.39. The van der Waals surface area contributed by atoms with Crippen molar-refractivity contribution in [3.05, 3.63) is 49.3 Å². The third-order valence-electron chi connectivity index (χ3n) is 2.19. The number of aromatic nitrogens is 2. The Balaban J connectivity index is 2.05. The number of hydrogen-bond acceptors (Lipinski definition) is 4. The number of nitrogens with one attached hydrogen (secondary N) is 2. The van der Waals surface area contributed by atoms with E-state index < -0.39 is 0 Å². The van der Waals surface area contributed by atoms with Gasteiger partial charge < -0.3 is 10.3 Å². The maximum atomic E-state index is 11.8. The monoisotopic (exact) mass is 283 g/mol. The van der Waals surface area contributed by atoms with E-state index in [1.54, 1.807) is 18.4 Å². The van der Waals surface area contributed by atoms with Gasteiger partial charge in [0.2, 0.25) is 0 Å². The third-order valence-corrected chi connectivity index (χ3v) is 3.11. The number of halogens is 1. The second kappa shape index (κ2) is 5.32. The number of hydrogen-bond donors (Lipinski definition) is 2. The standard InChI is InChI=1S/C11H10ClN3O2S/c1-6-2-7(3-9(12)14-6)10(16)13-4-8-5-18-11(17)15-8/h2-3,5H,4H2,1H3,(H,13,16)(H,15,17). The molecule has 2 heterocycles. The minimum Gasteiger partial charge on any atom is -0.346 e. The molecule has 0 fully saturated rings. The van der Waals surface area contributed by atoms with Gasteiger partial charge in [0, 0.05) is 22.3 Å². The van der Waals surface area contributed by atoms with Crippen molar-refractivity contribution in [1.82, 2.24) is 15.3 Å². The molecular formula is C11H10ClN3O2S. The smallest absolute Gasteiger partial charge is 0.304 e. The molecule has 0 bridgehead atoms. The van der Waals surface area contributed by atoms with Crippen molar-refractivity contribution >= 4 is 28.8 Å². The fourth-order valence-corrected chi connectivity index (χ4v) is 2.27. The second-order valence-electron chi connectivity index (χ2n) is 3.68. The summed E-state index contributed by atoms with van der Waals surface area (Å²) in [4.78, 5) is 29.2. The van der Waals surface area contributed by atoms with Crippen molar-refractivity contribution in [3.63, 3.8) is 0 Å². The minimum atomic E-state index is -0.255. The van der Waals surface area contributed by atoms with Crippen LogP contribution in [0.25, 0.3) is 0 Å². The van der Waals surface area contributed by atoms with Gasteiger partial charge in [0.05, 0.1) is 6.54 Å². The molecule has 2 aromatic heterocycles. The molecule has 0 aliphatic heterocycles. The molecule has 0 saturated carbocycles. The van der Waals surface area contributed by atoms with Crippen molar-refractivity contribution in [3.8, 4) is 0 Å². The van der Waals surface area contributed by atoms with Crippen LogP contribution in [0.4, 0.5) is 0 Å². The van der Waals surface area contributed by atoms with Crippen LogP contribution in [0.1, 0.15) is 21.7 Å². The van der Waals surface area contributed by atoms with Gasteiger partial charge in [0.15, 0.2) is 0 Å². The van der Waals surface area contributed by atoms with Gasteiger partial charge in [-0.25, -0.2) is 4.98 Å². The van der Waals surface area contributed by atoms with E-state index in [0.29, 0.717) is 17.0 Å². The second-order valence-corrected chi connectivity index (χ2v) is 4.91. The van der Waals surface area contributed by atoms with Crippen LogP contribution in [0.15, 0.2) is 22.3 Å². The Morgan fingerprint density at radius 1 is 1.56 bits per heavy atom. The lowest BCUT2D eigenvalue weighted by Gasteiger charge is -2.04. The predicted molar refractivity (Wildman–Crippen MR) is 70.1 cm³/mol. The van der Waals surface area contributed by atoms with Crippen molar-refractivity contribution in [1.29, 1.82) is 0 Å². The summed E-state index contributed by atoms with van der Waals surface area (Å²) < 4.78 is 0. The topological polar surface area (TPSA) is 74.8 Å². The van der Waals surface area contributed by atoms with Crippen molar-refractivity contribution in [2.45, 2.75) is 13.5 Å². The molecule has 2 aromatic rings. The number of carbonyl (C=O) groups excluding carboxylic acids is 1.